The average molecular weight is 207 g/mol. The molecule has 0 amide bonds. The van der Waals surface area contributed by atoms with E-state index < -0.39 is 5.97 Å². The van der Waals surface area contributed by atoms with Gasteiger partial charge in [-0.1, -0.05) is 12.1 Å². The molecular weight excluding hydrogens is 194 g/mol. The second-order valence-corrected chi connectivity index (χ2v) is 3.69. The summed E-state index contributed by atoms with van der Waals surface area (Å²) in [6.07, 6.45) is 0.831. The predicted molar refractivity (Wildman–Crippen MR) is 54.8 cm³/mol. The highest BCUT2D eigenvalue weighted by Crippen LogP contribution is 2.31. The van der Waals surface area contributed by atoms with E-state index in [1.807, 2.05) is 6.07 Å². The van der Waals surface area contributed by atoms with Crippen molar-refractivity contribution in [2.75, 3.05) is 6.61 Å². The van der Waals surface area contributed by atoms with Crippen molar-refractivity contribution in [3.05, 3.63) is 29.3 Å². The number of rotatable bonds is 2. The van der Waals surface area contributed by atoms with E-state index in [1.54, 1.807) is 12.1 Å². The fraction of sp³-hybridized carbons (Fsp3) is 0.364. The first-order valence-corrected chi connectivity index (χ1v) is 4.90. The van der Waals surface area contributed by atoms with Crippen molar-refractivity contribution in [2.45, 2.75) is 18.9 Å². The fourth-order valence-corrected chi connectivity index (χ4v) is 1.75. The predicted octanol–water partition coefficient (Wildman–Crippen LogP) is 1.10. The molecule has 0 aromatic heterocycles. The highest BCUT2D eigenvalue weighted by molar-refractivity contribution is 5.70. The van der Waals surface area contributed by atoms with Crippen LogP contribution in [0, 0.1) is 0 Å². The molecule has 1 aromatic rings. The van der Waals surface area contributed by atoms with Gasteiger partial charge in [0.15, 0.2) is 0 Å². The minimum absolute atomic E-state index is 0.00706. The monoisotopic (exact) mass is 207 g/mol. The maximum atomic E-state index is 10.5. The molecule has 0 radical (unpaired) electrons. The molecule has 1 aliphatic heterocycles. The highest BCUT2D eigenvalue weighted by atomic mass is 16.5. The first-order chi connectivity index (χ1) is 7.16. The summed E-state index contributed by atoms with van der Waals surface area (Å²) >= 11 is 0. The van der Waals surface area contributed by atoms with Crippen molar-refractivity contribution in [2.24, 2.45) is 5.73 Å². The van der Waals surface area contributed by atoms with Gasteiger partial charge in [-0.2, -0.15) is 0 Å². The van der Waals surface area contributed by atoms with E-state index in [-0.39, 0.29) is 12.5 Å². The van der Waals surface area contributed by atoms with E-state index in [4.69, 9.17) is 15.6 Å². The van der Waals surface area contributed by atoms with Crippen LogP contribution in [0.3, 0.4) is 0 Å². The Morgan fingerprint density at radius 3 is 3.13 bits per heavy atom. The lowest BCUT2D eigenvalue weighted by atomic mass is 9.99. The lowest BCUT2D eigenvalue weighted by Crippen LogP contribution is -2.20. The van der Waals surface area contributed by atoms with E-state index >= 15 is 0 Å². The molecule has 80 valence electrons. The number of hydrogen-bond donors (Lipinski definition) is 2. The smallest absolute Gasteiger partial charge is 0.307 e. The molecule has 0 unspecified atom stereocenters. The van der Waals surface area contributed by atoms with Crippen LogP contribution in [0.15, 0.2) is 18.2 Å². The topological polar surface area (TPSA) is 72.5 Å². The quantitative estimate of drug-likeness (QED) is 0.761. The fourth-order valence-electron chi connectivity index (χ4n) is 1.75. The van der Waals surface area contributed by atoms with Crippen LogP contribution < -0.4 is 10.5 Å². The summed E-state index contributed by atoms with van der Waals surface area (Å²) in [5.74, 6) is -0.109. The van der Waals surface area contributed by atoms with Gasteiger partial charge >= 0.3 is 5.97 Å². The van der Waals surface area contributed by atoms with Crippen LogP contribution in [-0.2, 0) is 11.2 Å². The van der Waals surface area contributed by atoms with Gasteiger partial charge in [-0.05, 0) is 11.6 Å². The SMILES string of the molecule is N[C@H]1CCOc2cc(CC(=O)O)ccc21. The molecule has 0 saturated carbocycles. The van der Waals surface area contributed by atoms with Crippen LogP contribution in [0.2, 0.25) is 0 Å². The largest absolute Gasteiger partial charge is 0.493 e. The van der Waals surface area contributed by atoms with Crippen LogP contribution in [-0.4, -0.2) is 17.7 Å². The van der Waals surface area contributed by atoms with E-state index in [0.29, 0.717) is 6.61 Å². The molecule has 1 atom stereocenters. The van der Waals surface area contributed by atoms with Gasteiger partial charge in [-0.15, -0.1) is 0 Å². The lowest BCUT2D eigenvalue weighted by molar-refractivity contribution is -0.136. The Kier molecular flexibility index (Phi) is 2.60. The number of hydrogen-bond acceptors (Lipinski definition) is 3. The van der Waals surface area contributed by atoms with E-state index in [2.05, 4.69) is 0 Å². The van der Waals surface area contributed by atoms with E-state index in [0.717, 1.165) is 23.3 Å². The summed E-state index contributed by atoms with van der Waals surface area (Å²) in [5, 5.41) is 8.66. The molecule has 15 heavy (non-hydrogen) atoms. The standard InChI is InChI=1S/C11H13NO3/c12-9-3-4-15-10-5-7(6-11(13)14)1-2-8(9)10/h1-2,5,9H,3-4,6,12H2,(H,13,14)/t9-/m0/s1. The normalized spacial score (nSPS) is 19.1. The van der Waals surface area contributed by atoms with Gasteiger partial charge < -0.3 is 15.6 Å². The van der Waals surface area contributed by atoms with Gasteiger partial charge in [0.25, 0.3) is 0 Å². The third-order valence-corrected chi connectivity index (χ3v) is 2.52. The molecule has 3 N–H and O–H groups in total. The molecule has 0 fully saturated rings. The van der Waals surface area contributed by atoms with Gasteiger partial charge in [0.05, 0.1) is 13.0 Å². The van der Waals surface area contributed by atoms with Gasteiger partial charge in [0.1, 0.15) is 5.75 Å². The van der Waals surface area contributed by atoms with Crippen LogP contribution in [0.4, 0.5) is 0 Å². The van der Waals surface area contributed by atoms with Crippen molar-refractivity contribution in [3.63, 3.8) is 0 Å². The summed E-state index contributed by atoms with van der Waals surface area (Å²) < 4.78 is 5.44. The van der Waals surface area contributed by atoms with Crippen molar-refractivity contribution in [1.82, 2.24) is 0 Å². The van der Waals surface area contributed by atoms with E-state index in [1.165, 1.54) is 0 Å². The maximum absolute atomic E-state index is 10.5. The van der Waals surface area contributed by atoms with Crippen molar-refractivity contribution < 1.29 is 14.6 Å². The highest BCUT2D eigenvalue weighted by Gasteiger charge is 2.18. The summed E-state index contributed by atoms with van der Waals surface area (Å²) in [7, 11) is 0. The summed E-state index contributed by atoms with van der Waals surface area (Å²) in [4.78, 5) is 10.5. The lowest BCUT2D eigenvalue weighted by Gasteiger charge is -2.23. The molecule has 1 aromatic carbocycles. The number of fused-ring (bicyclic) bond motifs is 1. The molecular formula is C11H13NO3. The molecule has 0 bridgehead atoms. The number of carboxylic acid groups (broad SMARTS) is 1. The third kappa shape index (κ3) is 2.10. The minimum Gasteiger partial charge on any atom is -0.493 e. The Labute approximate surface area is 87.7 Å². The summed E-state index contributed by atoms with van der Waals surface area (Å²) in [6.45, 7) is 0.602. The number of carbonyl (C=O) groups is 1. The van der Waals surface area contributed by atoms with Crippen LogP contribution in [0.25, 0.3) is 0 Å². The third-order valence-electron chi connectivity index (χ3n) is 2.52. The number of aliphatic carboxylic acids is 1. The van der Waals surface area contributed by atoms with Gasteiger partial charge in [-0.3, -0.25) is 4.79 Å². The zero-order valence-electron chi connectivity index (χ0n) is 8.27. The van der Waals surface area contributed by atoms with E-state index in [9.17, 15) is 4.79 Å². The Morgan fingerprint density at radius 1 is 1.60 bits per heavy atom. The molecule has 4 heteroatoms. The zero-order chi connectivity index (χ0) is 10.8. The van der Waals surface area contributed by atoms with Crippen LogP contribution in [0.5, 0.6) is 5.75 Å². The first kappa shape index (κ1) is 9.98. The second kappa shape index (κ2) is 3.90. The van der Waals surface area contributed by atoms with Gasteiger partial charge in [0.2, 0.25) is 0 Å². The molecule has 1 heterocycles. The van der Waals surface area contributed by atoms with Gasteiger partial charge in [-0.25, -0.2) is 0 Å². The van der Waals surface area contributed by atoms with Crippen molar-refractivity contribution in [3.8, 4) is 5.75 Å². The summed E-state index contributed by atoms with van der Waals surface area (Å²) in [6, 6.07) is 5.43. The number of benzene rings is 1. The maximum Gasteiger partial charge on any atom is 0.307 e. The Balaban J connectivity index is 2.29. The molecule has 2 rings (SSSR count). The number of ether oxygens (including phenoxy) is 1. The molecule has 4 nitrogen and oxygen atoms in total. The second-order valence-electron chi connectivity index (χ2n) is 3.69. The Hall–Kier alpha value is -1.55. The molecule has 0 saturated heterocycles. The van der Waals surface area contributed by atoms with Crippen LogP contribution in [0.1, 0.15) is 23.6 Å². The number of carboxylic acids is 1. The summed E-state index contributed by atoms with van der Waals surface area (Å²) in [5.41, 5.74) is 7.61. The van der Waals surface area contributed by atoms with Gasteiger partial charge in [0, 0.05) is 18.0 Å². The Bertz CT molecular complexity index is 389. The zero-order valence-corrected chi connectivity index (χ0v) is 8.27. The average Bonchev–Trinajstić information content (AvgIpc) is 2.17. The van der Waals surface area contributed by atoms with Crippen molar-refractivity contribution >= 4 is 5.97 Å². The molecule has 0 aliphatic carbocycles. The Morgan fingerprint density at radius 2 is 2.40 bits per heavy atom. The first-order valence-electron chi connectivity index (χ1n) is 4.90. The van der Waals surface area contributed by atoms with Crippen LogP contribution >= 0.6 is 0 Å². The number of nitrogens with two attached hydrogens (primary N) is 1. The molecule has 1 aliphatic rings. The van der Waals surface area contributed by atoms with Crippen molar-refractivity contribution in [1.29, 1.82) is 0 Å². The minimum atomic E-state index is -0.838. The molecule has 0 spiro atoms.